The van der Waals surface area contributed by atoms with E-state index in [0.717, 1.165) is 11.3 Å². The van der Waals surface area contributed by atoms with Gasteiger partial charge < -0.3 is 16.4 Å². The third-order valence-electron chi connectivity index (χ3n) is 2.78. The van der Waals surface area contributed by atoms with E-state index in [2.05, 4.69) is 20.6 Å². The molecule has 0 atom stereocenters. The molecule has 0 unspecified atom stereocenters. The normalized spacial score (nSPS) is 11.3. The van der Waals surface area contributed by atoms with Crippen LogP contribution in [0.15, 0.2) is 41.5 Å². The highest BCUT2D eigenvalue weighted by atomic mass is 35.5. The van der Waals surface area contributed by atoms with Gasteiger partial charge in [0.25, 0.3) is 0 Å². The van der Waals surface area contributed by atoms with Gasteiger partial charge in [-0.2, -0.15) is 0 Å². The van der Waals surface area contributed by atoms with E-state index in [0.29, 0.717) is 34.9 Å². The zero-order valence-corrected chi connectivity index (χ0v) is 13.6. The molecule has 116 valence electrons. The van der Waals surface area contributed by atoms with Crippen LogP contribution in [0.3, 0.4) is 0 Å². The minimum absolute atomic E-state index is 0.363. The Bertz CT molecular complexity index is 673. The van der Waals surface area contributed by atoms with Crippen molar-refractivity contribution in [1.29, 1.82) is 0 Å². The van der Waals surface area contributed by atoms with Crippen LogP contribution in [0.2, 0.25) is 10.0 Å². The second-order valence-corrected chi connectivity index (χ2v) is 5.52. The Kier molecular flexibility index (Phi) is 5.86. The predicted molar refractivity (Wildman–Crippen MR) is 94.0 cm³/mol. The van der Waals surface area contributed by atoms with Crippen LogP contribution in [-0.2, 0) is 0 Å². The van der Waals surface area contributed by atoms with Gasteiger partial charge in [0, 0.05) is 18.4 Å². The molecule has 1 heterocycles. The molecule has 4 N–H and O–H groups in total. The number of hydrogen-bond donors (Lipinski definition) is 3. The molecule has 1 aromatic heterocycles. The minimum Gasteiger partial charge on any atom is -0.370 e. The fourth-order valence-corrected chi connectivity index (χ4v) is 2.25. The fraction of sp³-hybridized carbons (Fsp3) is 0.200. The van der Waals surface area contributed by atoms with Crippen molar-refractivity contribution in [3.8, 4) is 0 Å². The van der Waals surface area contributed by atoms with Crippen molar-refractivity contribution in [3.63, 3.8) is 0 Å². The lowest BCUT2D eigenvalue weighted by Gasteiger charge is -2.08. The number of nitrogens with one attached hydrogen (secondary N) is 2. The van der Waals surface area contributed by atoms with Crippen LogP contribution in [0.25, 0.3) is 0 Å². The highest BCUT2D eigenvalue weighted by Crippen LogP contribution is 2.22. The van der Waals surface area contributed by atoms with Crippen LogP contribution >= 0.6 is 23.2 Å². The standard InChI is InChI=1S/C15H17Cl2N5/c1-10-3-2-4-12(7-10)22-15(18)20-6-5-19-14-13(17)8-11(16)9-21-14/h2-4,7-9H,5-6H2,1H3,(H,19,21)(H3,18,20,22). The van der Waals surface area contributed by atoms with Gasteiger partial charge in [0.1, 0.15) is 5.82 Å². The van der Waals surface area contributed by atoms with Gasteiger partial charge in [0.15, 0.2) is 5.96 Å². The molecule has 0 aliphatic rings. The Labute approximate surface area is 139 Å². The maximum atomic E-state index is 6.01. The quantitative estimate of drug-likeness (QED) is 0.443. The van der Waals surface area contributed by atoms with E-state index < -0.39 is 0 Å². The number of nitrogens with two attached hydrogens (primary N) is 1. The number of benzene rings is 1. The molecule has 0 aliphatic heterocycles. The lowest BCUT2D eigenvalue weighted by atomic mass is 10.2. The zero-order valence-electron chi connectivity index (χ0n) is 12.1. The monoisotopic (exact) mass is 337 g/mol. The van der Waals surface area contributed by atoms with Gasteiger partial charge in [-0.25, -0.2) is 4.98 Å². The summed E-state index contributed by atoms with van der Waals surface area (Å²) in [6.45, 7) is 3.07. The molecule has 0 bridgehead atoms. The van der Waals surface area contributed by atoms with Crippen LogP contribution in [-0.4, -0.2) is 24.0 Å². The van der Waals surface area contributed by atoms with E-state index in [-0.39, 0.29) is 0 Å². The summed E-state index contributed by atoms with van der Waals surface area (Å²) in [5.74, 6) is 0.939. The van der Waals surface area contributed by atoms with Gasteiger partial charge in [-0.1, -0.05) is 35.3 Å². The third-order valence-corrected chi connectivity index (χ3v) is 3.28. The van der Waals surface area contributed by atoms with Gasteiger partial charge in [-0.05, 0) is 30.7 Å². The molecule has 0 amide bonds. The zero-order chi connectivity index (χ0) is 15.9. The number of aryl methyl sites for hydroxylation is 1. The van der Waals surface area contributed by atoms with E-state index in [4.69, 9.17) is 28.9 Å². The molecule has 0 saturated carbocycles. The van der Waals surface area contributed by atoms with Gasteiger partial charge in [-0.15, -0.1) is 0 Å². The number of pyridine rings is 1. The Morgan fingerprint density at radius 3 is 2.86 bits per heavy atom. The fourth-order valence-electron chi connectivity index (χ4n) is 1.81. The van der Waals surface area contributed by atoms with Crippen molar-refractivity contribution in [1.82, 2.24) is 4.98 Å². The molecule has 0 saturated heterocycles. The van der Waals surface area contributed by atoms with Crippen molar-refractivity contribution in [2.45, 2.75) is 6.92 Å². The minimum atomic E-state index is 0.363. The van der Waals surface area contributed by atoms with Crippen LogP contribution < -0.4 is 16.4 Å². The number of nitrogens with zero attached hydrogens (tertiary/aromatic N) is 2. The van der Waals surface area contributed by atoms with Gasteiger partial charge in [0.05, 0.1) is 16.6 Å². The predicted octanol–water partition coefficient (Wildman–Crippen LogP) is 3.54. The van der Waals surface area contributed by atoms with Crippen LogP contribution in [0.4, 0.5) is 11.5 Å². The highest BCUT2D eigenvalue weighted by molar-refractivity contribution is 6.35. The number of guanidine groups is 1. The SMILES string of the molecule is Cc1cccc(NC(N)=NCCNc2ncc(Cl)cc2Cl)c1. The van der Waals surface area contributed by atoms with Gasteiger partial charge in [-0.3, -0.25) is 4.99 Å². The Hall–Kier alpha value is -1.98. The smallest absolute Gasteiger partial charge is 0.193 e. The molecule has 0 spiro atoms. The first-order valence-corrected chi connectivity index (χ1v) is 7.49. The highest BCUT2D eigenvalue weighted by Gasteiger charge is 2.01. The molecule has 0 aliphatic carbocycles. The first-order chi connectivity index (χ1) is 10.5. The Morgan fingerprint density at radius 2 is 2.14 bits per heavy atom. The Morgan fingerprint density at radius 1 is 1.32 bits per heavy atom. The second-order valence-electron chi connectivity index (χ2n) is 4.67. The van der Waals surface area contributed by atoms with E-state index in [1.807, 2.05) is 31.2 Å². The van der Waals surface area contributed by atoms with Crippen LogP contribution in [0, 0.1) is 6.92 Å². The second kappa shape index (κ2) is 7.87. The summed E-state index contributed by atoms with van der Waals surface area (Å²) in [6, 6.07) is 9.55. The maximum absolute atomic E-state index is 6.01. The van der Waals surface area contributed by atoms with Crippen molar-refractivity contribution in [2.24, 2.45) is 10.7 Å². The molecule has 2 aromatic rings. The number of rotatable bonds is 5. The number of aromatic nitrogens is 1. The third kappa shape index (κ3) is 5.09. The number of halogens is 2. The summed E-state index contributed by atoms with van der Waals surface area (Å²) in [7, 11) is 0. The maximum Gasteiger partial charge on any atom is 0.193 e. The van der Waals surface area contributed by atoms with Crippen molar-refractivity contribution in [2.75, 3.05) is 23.7 Å². The molecule has 7 heteroatoms. The molecule has 1 aromatic carbocycles. The first-order valence-electron chi connectivity index (χ1n) is 6.73. The largest absolute Gasteiger partial charge is 0.370 e. The molecule has 22 heavy (non-hydrogen) atoms. The lowest BCUT2D eigenvalue weighted by molar-refractivity contribution is 1.01. The van der Waals surface area contributed by atoms with Crippen LogP contribution in [0.1, 0.15) is 5.56 Å². The average Bonchev–Trinajstić information content (AvgIpc) is 2.45. The van der Waals surface area contributed by atoms with Gasteiger partial charge >= 0.3 is 0 Å². The lowest BCUT2D eigenvalue weighted by Crippen LogP contribution is -2.23. The topological polar surface area (TPSA) is 75.3 Å². The van der Waals surface area contributed by atoms with Crippen molar-refractivity contribution < 1.29 is 0 Å². The summed E-state index contributed by atoms with van der Waals surface area (Å²) in [6.07, 6.45) is 1.53. The summed E-state index contributed by atoms with van der Waals surface area (Å²) in [5.41, 5.74) is 7.91. The summed E-state index contributed by atoms with van der Waals surface area (Å²) < 4.78 is 0. The van der Waals surface area contributed by atoms with Crippen LogP contribution in [0.5, 0.6) is 0 Å². The van der Waals surface area contributed by atoms with Gasteiger partial charge in [0.2, 0.25) is 0 Å². The molecule has 5 nitrogen and oxygen atoms in total. The molecule has 0 radical (unpaired) electrons. The summed E-state index contributed by atoms with van der Waals surface area (Å²) >= 11 is 11.8. The number of anilines is 2. The van der Waals surface area contributed by atoms with Crippen molar-refractivity contribution in [3.05, 3.63) is 52.1 Å². The van der Waals surface area contributed by atoms with Crippen molar-refractivity contribution >= 4 is 40.7 Å². The van der Waals surface area contributed by atoms with E-state index in [1.54, 1.807) is 6.07 Å². The number of aliphatic imine (C=N–C) groups is 1. The summed E-state index contributed by atoms with van der Waals surface area (Å²) in [5, 5.41) is 7.09. The molecule has 2 rings (SSSR count). The molecular formula is C15H17Cl2N5. The summed E-state index contributed by atoms with van der Waals surface area (Å²) in [4.78, 5) is 8.34. The van der Waals surface area contributed by atoms with E-state index in [1.165, 1.54) is 6.20 Å². The van der Waals surface area contributed by atoms with E-state index >= 15 is 0 Å². The van der Waals surface area contributed by atoms with E-state index in [9.17, 15) is 0 Å². The molecule has 0 fully saturated rings. The average molecular weight is 338 g/mol. The first kappa shape index (κ1) is 16.4. The molecular weight excluding hydrogens is 321 g/mol. The number of hydrogen-bond acceptors (Lipinski definition) is 3. The Balaban J connectivity index is 1.81.